The van der Waals surface area contributed by atoms with Gasteiger partial charge in [-0.1, -0.05) is 0 Å². The summed E-state index contributed by atoms with van der Waals surface area (Å²) in [4.78, 5) is 16.9. The smallest absolute Gasteiger partial charge is 0.341 e. The number of nitrogens with zero attached hydrogens (tertiary/aromatic N) is 5. The zero-order chi connectivity index (χ0) is 22.4. The SMILES string of the molecule is CCn1nc(Oc2c(C)cc(/C=C/C#N)cc2C)nc(Nc2ccc(C#N)cc2)c1=O. The van der Waals surface area contributed by atoms with E-state index < -0.39 is 0 Å². The molecule has 1 heterocycles. The van der Waals surface area contributed by atoms with Crippen LogP contribution < -0.4 is 15.6 Å². The molecule has 8 nitrogen and oxygen atoms in total. The van der Waals surface area contributed by atoms with E-state index in [0.717, 1.165) is 16.7 Å². The molecular weight excluding hydrogens is 392 g/mol. The Bertz CT molecular complexity index is 1250. The second-order valence-electron chi connectivity index (χ2n) is 6.73. The number of hydrogen-bond acceptors (Lipinski definition) is 7. The van der Waals surface area contributed by atoms with Crippen LogP contribution in [-0.2, 0) is 6.54 Å². The fraction of sp³-hybridized carbons (Fsp3) is 0.174. The summed E-state index contributed by atoms with van der Waals surface area (Å²) in [7, 11) is 0. The molecule has 0 atom stereocenters. The van der Waals surface area contributed by atoms with Crippen molar-refractivity contribution in [2.75, 3.05) is 5.32 Å². The molecule has 1 aromatic heterocycles. The standard InChI is InChI=1S/C23H20N6O2/c1-4-29-22(30)21(26-19-9-7-17(14-25)8-10-19)27-23(28-29)31-20-15(2)12-18(6-5-11-24)13-16(20)3/h5-10,12-13H,4H2,1-3H3,(H,26,27,28)/b6-5+. The molecule has 0 spiro atoms. The first-order valence-electron chi connectivity index (χ1n) is 9.56. The molecule has 0 amide bonds. The van der Waals surface area contributed by atoms with Crippen LogP contribution in [0.4, 0.5) is 11.5 Å². The van der Waals surface area contributed by atoms with Gasteiger partial charge in [0.15, 0.2) is 0 Å². The van der Waals surface area contributed by atoms with Gasteiger partial charge in [-0.05, 0) is 79.9 Å². The van der Waals surface area contributed by atoms with Crippen molar-refractivity contribution in [3.05, 3.63) is 75.1 Å². The number of allylic oxidation sites excluding steroid dienone is 1. The number of nitriles is 2. The lowest BCUT2D eigenvalue weighted by atomic mass is 10.1. The van der Waals surface area contributed by atoms with Gasteiger partial charge in [-0.3, -0.25) is 4.79 Å². The second-order valence-corrected chi connectivity index (χ2v) is 6.73. The molecular formula is C23H20N6O2. The topological polar surface area (TPSA) is 117 Å². The molecule has 3 aromatic rings. The van der Waals surface area contributed by atoms with E-state index in [0.29, 0.717) is 23.5 Å². The van der Waals surface area contributed by atoms with E-state index in [9.17, 15) is 4.79 Å². The minimum absolute atomic E-state index is 0.0316. The number of rotatable bonds is 6. The molecule has 1 N–H and O–H groups in total. The van der Waals surface area contributed by atoms with Crippen molar-refractivity contribution in [2.45, 2.75) is 27.3 Å². The summed E-state index contributed by atoms with van der Waals surface area (Å²) in [6, 6.07) is 14.5. The molecule has 3 rings (SSSR count). The minimum atomic E-state index is -0.385. The van der Waals surface area contributed by atoms with Gasteiger partial charge in [-0.2, -0.15) is 15.5 Å². The van der Waals surface area contributed by atoms with Gasteiger partial charge in [-0.15, -0.1) is 5.10 Å². The third-order valence-corrected chi connectivity index (χ3v) is 4.45. The Kier molecular flexibility index (Phi) is 6.44. The fourth-order valence-corrected chi connectivity index (χ4v) is 3.01. The van der Waals surface area contributed by atoms with E-state index in [2.05, 4.69) is 21.5 Å². The van der Waals surface area contributed by atoms with Crippen LogP contribution in [0.25, 0.3) is 6.08 Å². The summed E-state index contributed by atoms with van der Waals surface area (Å²) in [5.74, 6) is 0.653. The maximum atomic E-state index is 12.6. The van der Waals surface area contributed by atoms with Crippen LogP contribution in [0.1, 0.15) is 29.2 Å². The highest BCUT2D eigenvalue weighted by Gasteiger charge is 2.14. The van der Waals surface area contributed by atoms with E-state index in [4.69, 9.17) is 15.3 Å². The first-order chi connectivity index (χ1) is 14.9. The zero-order valence-electron chi connectivity index (χ0n) is 17.4. The monoisotopic (exact) mass is 412 g/mol. The van der Waals surface area contributed by atoms with Crippen LogP contribution in [-0.4, -0.2) is 14.8 Å². The number of hydrogen-bond donors (Lipinski definition) is 1. The van der Waals surface area contributed by atoms with E-state index in [1.54, 1.807) is 37.3 Å². The van der Waals surface area contributed by atoms with E-state index in [-0.39, 0.29) is 17.4 Å². The van der Waals surface area contributed by atoms with Crippen LogP contribution in [0.5, 0.6) is 11.8 Å². The van der Waals surface area contributed by atoms with Crippen molar-refractivity contribution < 1.29 is 4.74 Å². The summed E-state index contributed by atoms with van der Waals surface area (Å²) in [6.45, 7) is 5.92. The third-order valence-electron chi connectivity index (χ3n) is 4.45. The average Bonchev–Trinajstić information content (AvgIpc) is 2.77. The number of anilines is 2. The number of benzene rings is 2. The first kappa shape index (κ1) is 21.3. The lowest BCUT2D eigenvalue weighted by Gasteiger charge is -2.14. The normalized spacial score (nSPS) is 10.5. The van der Waals surface area contributed by atoms with Crippen LogP contribution in [0, 0.1) is 36.5 Å². The Morgan fingerprint density at radius 1 is 1.16 bits per heavy atom. The summed E-state index contributed by atoms with van der Waals surface area (Å²) in [6.07, 6.45) is 3.13. The molecule has 8 heteroatoms. The maximum Gasteiger partial charge on any atom is 0.341 e. The Labute approximate surface area is 179 Å². The van der Waals surface area contributed by atoms with Gasteiger partial charge >= 0.3 is 11.6 Å². The quantitative estimate of drug-likeness (QED) is 0.602. The van der Waals surface area contributed by atoms with Crippen molar-refractivity contribution in [2.24, 2.45) is 0 Å². The molecule has 154 valence electrons. The summed E-state index contributed by atoms with van der Waals surface area (Å²) < 4.78 is 7.22. The second kappa shape index (κ2) is 9.38. The summed E-state index contributed by atoms with van der Waals surface area (Å²) in [5, 5.41) is 24.8. The molecule has 0 aliphatic carbocycles. The van der Waals surface area contributed by atoms with Gasteiger partial charge in [0.05, 0.1) is 17.7 Å². The van der Waals surface area contributed by atoms with Gasteiger partial charge in [0.1, 0.15) is 5.75 Å². The predicted molar refractivity (Wildman–Crippen MR) is 117 cm³/mol. The average molecular weight is 412 g/mol. The molecule has 0 unspecified atom stereocenters. The van der Waals surface area contributed by atoms with Gasteiger partial charge in [0.25, 0.3) is 0 Å². The Morgan fingerprint density at radius 2 is 1.84 bits per heavy atom. The number of ether oxygens (including phenoxy) is 1. The number of aromatic nitrogens is 3. The van der Waals surface area contributed by atoms with Crippen LogP contribution in [0.15, 0.2) is 47.3 Å². The van der Waals surface area contributed by atoms with Crippen molar-refractivity contribution in [1.82, 2.24) is 14.8 Å². The highest BCUT2D eigenvalue weighted by Crippen LogP contribution is 2.29. The van der Waals surface area contributed by atoms with E-state index in [1.807, 2.05) is 32.0 Å². The lowest BCUT2D eigenvalue weighted by Crippen LogP contribution is -2.26. The number of nitrogens with one attached hydrogen (secondary N) is 1. The number of aryl methyl sites for hydroxylation is 3. The van der Waals surface area contributed by atoms with Crippen LogP contribution in [0.3, 0.4) is 0 Å². The molecule has 0 bridgehead atoms. The van der Waals surface area contributed by atoms with Crippen molar-refractivity contribution in [3.63, 3.8) is 0 Å². The maximum absolute atomic E-state index is 12.6. The Hall–Kier alpha value is -4.43. The lowest BCUT2D eigenvalue weighted by molar-refractivity contribution is 0.406. The molecule has 31 heavy (non-hydrogen) atoms. The van der Waals surface area contributed by atoms with Gasteiger partial charge < -0.3 is 10.1 Å². The zero-order valence-corrected chi connectivity index (χ0v) is 17.4. The molecule has 0 aliphatic heterocycles. The molecule has 2 aromatic carbocycles. The minimum Gasteiger partial charge on any atom is -0.423 e. The van der Waals surface area contributed by atoms with Crippen molar-refractivity contribution in [1.29, 1.82) is 10.5 Å². The van der Waals surface area contributed by atoms with Crippen LogP contribution in [0.2, 0.25) is 0 Å². The highest BCUT2D eigenvalue weighted by atomic mass is 16.5. The Balaban J connectivity index is 1.96. The van der Waals surface area contributed by atoms with Gasteiger partial charge in [0.2, 0.25) is 5.82 Å². The summed E-state index contributed by atoms with van der Waals surface area (Å²) in [5.41, 5.74) is 3.32. The van der Waals surface area contributed by atoms with Crippen molar-refractivity contribution >= 4 is 17.6 Å². The predicted octanol–water partition coefficient (Wildman–Crippen LogP) is 4.22. The third kappa shape index (κ3) is 4.95. The molecule has 0 fully saturated rings. The molecule has 0 aliphatic rings. The van der Waals surface area contributed by atoms with Crippen LogP contribution >= 0.6 is 0 Å². The van der Waals surface area contributed by atoms with E-state index >= 15 is 0 Å². The molecule has 0 saturated carbocycles. The first-order valence-corrected chi connectivity index (χ1v) is 9.56. The van der Waals surface area contributed by atoms with E-state index in [1.165, 1.54) is 10.8 Å². The largest absolute Gasteiger partial charge is 0.423 e. The highest BCUT2D eigenvalue weighted by molar-refractivity contribution is 5.59. The fourth-order valence-electron chi connectivity index (χ4n) is 3.01. The summed E-state index contributed by atoms with van der Waals surface area (Å²) >= 11 is 0. The van der Waals surface area contributed by atoms with Crippen molar-refractivity contribution in [3.8, 4) is 23.9 Å². The molecule has 0 radical (unpaired) electrons. The van der Waals surface area contributed by atoms with Gasteiger partial charge in [0, 0.05) is 18.3 Å². The molecule has 0 saturated heterocycles. The Morgan fingerprint density at radius 3 is 2.42 bits per heavy atom. The van der Waals surface area contributed by atoms with Gasteiger partial charge in [-0.25, -0.2) is 4.68 Å².